The van der Waals surface area contributed by atoms with Crippen LogP contribution in [0.1, 0.15) is 13.3 Å². The monoisotopic (exact) mass is 360 g/mol. The fourth-order valence-corrected chi connectivity index (χ4v) is 3.90. The van der Waals surface area contributed by atoms with Crippen molar-refractivity contribution in [3.8, 4) is 0 Å². The highest BCUT2D eigenvalue weighted by molar-refractivity contribution is 7.90. The molecule has 3 aliphatic rings. The van der Waals surface area contributed by atoms with Crippen LogP contribution >= 0.6 is 12.4 Å². The highest BCUT2D eigenvalue weighted by atomic mass is 35.5. The number of amides is 1. The van der Waals surface area contributed by atoms with E-state index in [1.54, 1.807) is 28.2 Å². The first kappa shape index (κ1) is 18.0. The molecule has 2 N–H and O–H groups in total. The van der Waals surface area contributed by atoms with Crippen LogP contribution in [-0.2, 0) is 14.8 Å². The van der Waals surface area contributed by atoms with Gasteiger partial charge in [-0.15, -0.1) is 16.8 Å². The lowest BCUT2D eigenvalue weighted by molar-refractivity contribution is -0.126. The van der Waals surface area contributed by atoms with E-state index in [9.17, 15) is 13.2 Å². The van der Waals surface area contributed by atoms with E-state index in [4.69, 9.17) is 5.73 Å². The number of fused-ring (bicyclic) bond motifs is 1. The Labute approximate surface area is 142 Å². The van der Waals surface area contributed by atoms with Gasteiger partial charge in [0.25, 0.3) is 15.9 Å². The van der Waals surface area contributed by atoms with E-state index in [1.165, 1.54) is 0 Å². The quantitative estimate of drug-likeness (QED) is 0.753. The molecule has 0 spiro atoms. The number of rotatable bonds is 2. The minimum Gasteiger partial charge on any atom is -0.338 e. The molecule has 1 fully saturated rings. The Morgan fingerprint density at radius 3 is 2.83 bits per heavy atom. The van der Waals surface area contributed by atoms with Crippen LogP contribution in [0, 0.1) is 5.41 Å². The van der Waals surface area contributed by atoms with Gasteiger partial charge in [-0.2, -0.15) is 0 Å². The molecule has 0 aliphatic carbocycles. The number of likely N-dealkylation sites (tertiary alicyclic amines) is 1. The molecule has 0 aromatic heterocycles. The number of amidine groups is 1. The average Bonchev–Trinajstić information content (AvgIpc) is 2.88. The number of carbonyl (C=O) groups is 1. The van der Waals surface area contributed by atoms with Gasteiger partial charge in [0.05, 0.1) is 11.3 Å². The molecule has 3 heterocycles. The van der Waals surface area contributed by atoms with E-state index in [0.717, 1.165) is 6.42 Å². The second-order valence-corrected chi connectivity index (χ2v) is 8.06. The van der Waals surface area contributed by atoms with Gasteiger partial charge in [0.1, 0.15) is 0 Å². The number of nitrogens with zero attached hydrogens (tertiary/aromatic N) is 3. The highest BCUT2D eigenvalue weighted by Gasteiger charge is 2.38. The summed E-state index contributed by atoms with van der Waals surface area (Å²) < 4.78 is 27.3. The number of halogens is 1. The van der Waals surface area contributed by atoms with Crippen molar-refractivity contribution in [1.29, 1.82) is 0 Å². The summed E-state index contributed by atoms with van der Waals surface area (Å²) in [4.78, 5) is 16.2. The van der Waals surface area contributed by atoms with Crippen LogP contribution in [0.25, 0.3) is 0 Å². The van der Waals surface area contributed by atoms with Crippen LogP contribution in [0.2, 0.25) is 0 Å². The summed E-state index contributed by atoms with van der Waals surface area (Å²) >= 11 is 0. The molecular weight excluding hydrogens is 340 g/mol. The van der Waals surface area contributed by atoms with Gasteiger partial charge in [0.2, 0.25) is 0 Å². The van der Waals surface area contributed by atoms with Crippen molar-refractivity contribution >= 4 is 34.2 Å². The van der Waals surface area contributed by atoms with E-state index >= 15 is 0 Å². The smallest absolute Gasteiger partial charge is 0.257 e. The van der Waals surface area contributed by atoms with E-state index in [0.29, 0.717) is 31.8 Å². The Morgan fingerprint density at radius 2 is 2.17 bits per heavy atom. The number of nitrogens with two attached hydrogens (primary N) is 1. The van der Waals surface area contributed by atoms with Gasteiger partial charge in [-0.25, -0.2) is 8.42 Å². The van der Waals surface area contributed by atoms with Crippen LogP contribution in [0.15, 0.2) is 28.3 Å². The van der Waals surface area contributed by atoms with Gasteiger partial charge < -0.3 is 15.5 Å². The third-order valence-corrected chi connectivity index (χ3v) is 5.58. The average molecular weight is 361 g/mol. The first-order valence-corrected chi connectivity index (χ1v) is 8.92. The molecule has 23 heavy (non-hydrogen) atoms. The highest BCUT2D eigenvalue weighted by Crippen LogP contribution is 2.30. The van der Waals surface area contributed by atoms with Gasteiger partial charge >= 0.3 is 0 Å². The third-order valence-electron chi connectivity index (χ3n) is 4.43. The summed E-state index contributed by atoms with van der Waals surface area (Å²) in [7, 11) is -3.49. The number of carbonyl (C=O) groups excluding carboxylic acids is 1. The fraction of sp³-hybridized carbons (Fsp3) is 0.571. The molecule has 9 heteroatoms. The van der Waals surface area contributed by atoms with Crippen molar-refractivity contribution in [3.63, 3.8) is 0 Å². The van der Waals surface area contributed by atoms with E-state index in [2.05, 4.69) is 11.3 Å². The summed E-state index contributed by atoms with van der Waals surface area (Å²) in [5.41, 5.74) is 6.05. The zero-order valence-electron chi connectivity index (χ0n) is 12.9. The molecule has 0 radical (unpaired) electrons. The largest absolute Gasteiger partial charge is 0.338 e. The lowest BCUT2D eigenvalue weighted by Gasteiger charge is -2.30. The molecule has 3 aliphatic heterocycles. The molecule has 3 rings (SSSR count). The van der Waals surface area contributed by atoms with Gasteiger partial charge in [-0.05, 0) is 30.5 Å². The second kappa shape index (κ2) is 6.26. The number of allylic oxidation sites excluding steroid dienone is 2. The molecule has 0 saturated carbocycles. The van der Waals surface area contributed by atoms with Crippen LogP contribution < -0.4 is 5.73 Å². The Morgan fingerprint density at radius 1 is 1.43 bits per heavy atom. The van der Waals surface area contributed by atoms with Crippen LogP contribution in [-0.4, -0.2) is 61.9 Å². The molecule has 1 atom stereocenters. The standard InChI is InChI=1S/C14H20N4O3S.ClH/c1-14(9-15)4-6-18(10-14)13(19)11-3-2-5-17-7-8-22(20,21)16-12(11)17;/h2-3,5H,4,6-10,15H2,1H3;1H. The summed E-state index contributed by atoms with van der Waals surface area (Å²) in [6.45, 7) is 4.13. The lowest BCUT2D eigenvalue weighted by atomic mass is 9.90. The normalized spacial score (nSPS) is 28.6. The second-order valence-electron chi connectivity index (χ2n) is 6.31. The topological polar surface area (TPSA) is 96.1 Å². The first-order chi connectivity index (χ1) is 10.3. The van der Waals surface area contributed by atoms with Crippen molar-refractivity contribution < 1.29 is 13.2 Å². The predicted octanol–water partition coefficient (Wildman–Crippen LogP) is 0.103. The SMILES string of the molecule is CC1(CN)CCN(C(=O)C2=CC=CN3CCS(=O)(=O)N=C23)C1.Cl. The molecule has 0 aromatic carbocycles. The summed E-state index contributed by atoms with van der Waals surface area (Å²) in [6.07, 6.45) is 5.99. The minimum atomic E-state index is -3.49. The molecule has 1 unspecified atom stereocenters. The molecule has 0 aromatic rings. The summed E-state index contributed by atoms with van der Waals surface area (Å²) in [5.74, 6) is 0.0274. The molecule has 0 bridgehead atoms. The molecule has 128 valence electrons. The Balaban J connectivity index is 0.00000192. The van der Waals surface area contributed by atoms with Crippen molar-refractivity contribution in [3.05, 3.63) is 23.9 Å². The van der Waals surface area contributed by atoms with E-state index in [-0.39, 0.29) is 35.3 Å². The number of sulfonamides is 1. The maximum Gasteiger partial charge on any atom is 0.257 e. The Kier molecular flexibility index (Phi) is 4.89. The van der Waals surface area contributed by atoms with Gasteiger partial charge in [-0.3, -0.25) is 4.79 Å². The fourth-order valence-electron chi connectivity index (χ4n) is 2.92. The van der Waals surface area contributed by atoms with E-state index < -0.39 is 10.0 Å². The molecule has 1 amide bonds. The summed E-state index contributed by atoms with van der Waals surface area (Å²) in [6, 6.07) is 0. The first-order valence-electron chi connectivity index (χ1n) is 7.31. The number of hydrogen-bond donors (Lipinski definition) is 1. The van der Waals surface area contributed by atoms with Crippen LogP contribution in [0.3, 0.4) is 0 Å². The maximum atomic E-state index is 12.8. The van der Waals surface area contributed by atoms with Crippen molar-refractivity contribution in [2.45, 2.75) is 13.3 Å². The zero-order valence-corrected chi connectivity index (χ0v) is 14.6. The van der Waals surface area contributed by atoms with Crippen LogP contribution in [0.4, 0.5) is 0 Å². The van der Waals surface area contributed by atoms with Gasteiger partial charge in [0.15, 0.2) is 5.84 Å². The molecular formula is C14H21ClN4O3S. The molecule has 1 saturated heterocycles. The van der Waals surface area contributed by atoms with Crippen molar-refractivity contribution in [2.75, 3.05) is 31.9 Å². The van der Waals surface area contributed by atoms with Gasteiger partial charge in [-0.1, -0.05) is 6.92 Å². The zero-order chi connectivity index (χ0) is 16.0. The summed E-state index contributed by atoms with van der Waals surface area (Å²) in [5, 5.41) is 0. The van der Waals surface area contributed by atoms with Gasteiger partial charge in [0, 0.05) is 25.8 Å². The number of hydrogen-bond acceptors (Lipinski definition) is 5. The lowest BCUT2D eigenvalue weighted by Crippen LogP contribution is -2.43. The van der Waals surface area contributed by atoms with Crippen molar-refractivity contribution in [2.24, 2.45) is 15.5 Å². The van der Waals surface area contributed by atoms with Crippen LogP contribution in [0.5, 0.6) is 0 Å². The van der Waals surface area contributed by atoms with E-state index in [1.807, 2.05) is 0 Å². The Bertz CT molecular complexity index is 701. The van der Waals surface area contributed by atoms with Crippen molar-refractivity contribution in [1.82, 2.24) is 9.80 Å². The predicted molar refractivity (Wildman–Crippen MR) is 90.8 cm³/mol. The maximum absolute atomic E-state index is 12.8. The molecule has 7 nitrogen and oxygen atoms in total. The Hall–Kier alpha value is -1.38. The minimum absolute atomic E-state index is 0. The third kappa shape index (κ3) is 3.44.